The summed E-state index contributed by atoms with van der Waals surface area (Å²) in [7, 11) is -0.421. The summed E-state index contributed by atoms with van der Waals surface area (Å²) < 4.78 is 13.6. The maximum absolute atomic E-state index is 14.2. The molecule has 1 aromatic heterocycles. The number of hydrogen-bond acceptors (Lipinski definition) is 6. The van der Waals surface area contributed by atoms with Crippen LogP contribution in [-0.2, 0) is 0 Å². The minimum absolute atomic E-state index is 0.0421. The van der Waals surface area contributed by atoms with Crippen molar-refractivity contribution in [3.05, 3.63) is 83.4 Å². The van der Waals surface area contributed by atoms with E-state index in [0.29, 0.717) is 23.3 Å². The van der Waals surface area contributed by atoms with Gasteiger partial charge in [-0.1, -0.05) is 39.3 Å². The highest BCUT2D eigenvalue weighted by Crippen LogP contribution is 2.43. The number of nitrogens with zero attached hydrogens (tertiary/aromatic N) is 1. The number of thiophene rings is 1. The van der Waals surface area contributed by atoms with Gasteiger partial charge in [0.15, 0.2) is 5.78 Å². The number of carbonyl (C=O) groups is 2. The molecular weight excluding hydrogens is 585 g/mol. The fourth-order valence-electron chi connectivity index (χ4n) is 5.26. The summed E-state index contributed by atoms with van der Waals surface area (Å²) >= 11 is 1.58. The van der Waals surface area contributed by atoms with Crippen LogP contribution in [0.5, 0.6) is 11.5 Å². The topological polar surface area (TPSA) is 67.9 Å². The summed E-state index contributed by atoms with van der Waals surface area (Å²) in [5.41, 5.74) is 2.74. The molecule has 0 saturated carbocycles. The van der Waals surface area contributed by atoms with Gasteiger partial charge in [-0.05, 0) is 104 Å². The van der Waals surface area contributed by atoms with Crippen LogP contribution in [0.1, 0.15) is 66.3 Å². The molecule has 0 bridgehead atoms. The van der Waals surface area contributed by atoms with Gasteiger partial charge in [0.05, 0.1) is 0 Å². The predicted octanol–water partition coefficient (Wildman–Crippen LogP) is 8.41. The predicted molar refractivity (Wildman–Crippen MR) is 184 cm³/mol. The summed E-state index contributed by atoms with van der Waals surface area (Å²) in [5.74, 6) is 1.41. The van der Waals surface area contributed by atoms with Crippen molar-refractivity contribution in [2.75, 3.05) is 33.3 Å². The highest BCUT2D eigenvalue weighted by atomic mass is 32.1. The minimum Gasteiger partial charge on any atom is -0.543 e. The lowest BCUT2D eigenvalue weighted by Crippen LogP contribution is -2.43. The van der Waals surface area contributed by atoms with Crippen LogP contribution >= 0.6 is 11.3 Å². The van der Waals surface area contributed by atoms with E-state index in [1.165, 1.54) is 19.3 Å². The van der Waals surface area contributed by atoms with Gasteiger partial charge in [-0.3, -0.25) is 14.5 Å². The molecule has 0 spiro atoms. The largest absolute Gasteiger partial charge is 0.543 e. The first-order valence-corrected chi connectivity index (χ1v) is 19.3. The van der Waals surface area contributed by atoms with Crippen LogP contribution in [0.25, 0.3) is 20.5 Å². The van der Waals surface area contributed by atoms with Crippen LogP contribution in [0, 0.1) is 0 Å². The summed E-state index contributed by atoms with van der Waals surface area (Å²) in [4.78, 5) is 29.7. The summed E-state index contributed by atoms with van der Waals surface area (Å²) in [6.45, 7) is 15.0. The fraction of sp³-hybridized carbons (Fsp3) is 0.389. The molecule has 44 heavy (non-hydrogen) atoms. The molecule has 3 aromatic carbocycles. The van der Waals surface area contributed by atoms with Crippen LogP contribution in [0.2, 0.25) is 18.1 Å². The Kier molecular flexibility index (Phi) is 9.63. The van der Waals surface area contributed by atoms with Gasteiger partial charge in [0.2, 0.25) is 8.32 Å². The molecule has 1 saturated heterocycles. The summed E-state index contributed by atoms with van der Waals surface area (Å²) in [6, 6.07) is 21.0. The van der Waals surface area contributed by atoms with E-state index in [-0.39, 0.29) is 16.7 Å². The third-order valence-electron chi connectivity index (χ3n) is 8.95. The normalized spacial score (nSPS) is 14.4. The van der Waals surface area contributed by atoms with E-state index in [4.69, 9.17) is 9.16 Å². The van der Waals surface area contributed by atoms with Crippen molar-refractivity contribution in [3.8, 4) is 21.9 Å². The number of rotatable bonds is 10. The lowest BCUT2D eigenvalue weighted by molar-refractivity contribution is 0.0962. The molecule has 4 aromatic rings. The molecule has 0 atom stereocenters. The Bertz CT molecular complexity index is 1620. The molecular formula is C36H44N2O4SSi. The molecule has 0 radical (unpaired) electrons. The van der Waals surface area contributed by atoms with Crippen LogP contribution < -0.4 is 14.5 Å². The highest BCUT2D eigenvalue weighted by Gasteiger charge is 2.39. The van der Waals surface area contributed by atoms with Gasteiger partial charge in [0.1, 0.15) is 18.1 Å². The summed E-state index contributed by atoms with van der Waals surface area (Å²) in [6.07, 6.45) is 3.85. The lowest BCUT2D eigenvalue weighted by atomic mass is 9.97. The second-order valence-corrected chi connectivity index (χ2v) is 18.9. The number of hydrogen-bond donors (Lipinski definition) is 1. The first-order valence-electron chi connectivity index (χ1n) is 15.5. The quantitative estimate of drug-likeness (QED) is 0.141. The fourth-order valence-corrected chi connectivity index (χ4v) is 7.51. The first-order chi connectivity index (χ1) is 21.0. The van der Waals surface area contributed by atoms with Crippen molar-refractivity contribution >= 4 is 41.4 Å². The second kappa shape index (κ2) is 13.3. The second-order valence-electron chi connectivity index (χ2n) is 13.1. The summed E-state index contributed by atoms with van der Waals surface area (Å²) in [5, 5.41) is 3.64. The van der Waals surface area contributed by atoms with Crippen molar-refractivity contribution in [1.82, 2.24) is 10.2 Å². The SMILES string of the molecule is CNC(=O)c1ccc(-c2sc3cc(O[Si](C)(C)C(C)(C)C)ccc3c2C(=O)c2ccc(OCCN3CCCCC3)cc2)cc1. The average Bonchev–Trinajstić information content (AvgIpc) is 3.39. The molecule has 6 nitrogen and oxygen atoms in total. The van der Waals surface area contributed by atoms with Crippen molar-refractivity contribution < 1.29 is 18.8 Å². The molecule has 0 aliphatic carbocycles. The Morgan fingerprint density at radius 1 is 0.886 bits per heavy atom. The number of carbonyl (C=O) groups excluding carboxylic acids is 2. The standard InChI is InChI=1S/C36H44N2O4SSi/c1-36(2,3)44(5,6)42-29-18-19-30-31(24-29)43-34(26-10-12-27(13-11-26)35(40)37-4)32(30)33(39)25-14-16-28(17-15-25)41-23-22-38-20-8-7-9-21-38/h10-19,24H,7-9,20-23H2,1-6H3,(H,37,40). The molecule has 1 aliphatic heterocycles. The zero-order chi connectivity index (χ0) is 31.5. The zero-order valence-corrected chi connectivity index (χ0v) is 28.6. The minimum atomic E-state index is -2.04. The molecule has 232 valence electrons. The van der Waals surface area contributed by atoms with Gasteiger partial charge in [-0.25, -0.2) is 0 Å². The zero-order valence-electron chi connectivity index (χ0n) is 26.8. The van der Waals surface area contributed by atoms with E-state index in [1.54, 1.807) is 30.5 Å². The molecule has 1 amide bonds. The lowest BCUT2D eigenvalue weighted by Gasteiger charge is -2.36. The highest BCUT2D eigenvalue weighted by molar-refractivity contribution is 7.22. The van der Waals surface area contributed by atoms with Crippen LogP contribution in [0.15, 0.2) is 66.7 Å². The van der Waals surface area contributed by atoms with Crippen molar-refractivity contribution in [2.45, 2.75) is 58.2 Å². The smallest absolute Gasteiger partial charge is 0.251 e. The van der Waals surface area contributed by atoms with Crippen molar-refractivity contribution in [3.63, 3.8) is 0 Å². The Balaban J connectivity index is 1.45. The molecule has 1 N–H and O–H groups in total. The van der Waals surface area contributed by atoms with E-state index in [1.807, 2.05) is 48.5 Å². The van der Waals surface area contributed by atoms with Crippen LogP contribution in [-0.4, -0.2) is 58.2 Å². The third kappa shape index (κ3) is 7.09. The Labute approximate surface area is 266 Å². The van der Waals surface area contributed by atoms with E-state index < -0.39 is 8.32 Å². The molecule has 1 fully saturated rings. The van der Waals surface area contributed by atoms with Crippen LogP contribution in [0.3, 0.4) is 0 Å². The number of amides is 1. The van der Waals surface area contributed by atoms with Crippen molar-refractivity contribution in [1.29, 1.82) is 0 Å². The van der Waals surface area contributed by atoms with Crippen LogP contribution in [0.4, 0.5) is 0 Å². The third-order valence-corrected chi connectivity index (χ3v) is 14.5. The average molecular weight is 629 g/mol. The number of ether oxygens (including phenoxy) is 1. The van der Waals surface area contributed by atoms with E-state index in [9.17, 15) is 9.59 Å². The maximum atomic E-state index is 14.2. The molecule has 0 unspecified atom stereocenters. The molecule has 2 heterocycles. The number of fused-ring (bicyclic) bond motifs is 1. The Hall–Kier alpha value is -3.46. The van der Waals surface area contributed by atoms with E-state index in [0.717, 1.165) is 51.7 Å². The molecule has 5 rings (SSSR count). The monoisotopic (exact) mass is 628 g/mol. The molecule has 8 heteroatoms. The van der Waals surface area contributed by atoms with Gasteiger partial charge < -0.3 is 14.5 Å². The van der Waals surface area contributed by atoms with E-state index >= 15 is 0 Å². The van der Waals surface area contributed by atoms with Gasteiger partial charge in [0, 0.05) is 45.2 Å². The number of piperidine rings is 1. The van der Waals surface area contributed by atoms with Gasteiger partial charge >= 0.3 is 0 Å². The Morgan fingerprint density at radius 3 is 2.16 bits per heavy atom. The van der Waals surface area contributed by atoms with Crippen molar-refractivity contribution in [2.24, 2.45) is 0 Å². The number of likely N-dealkylation sites (tertiary alicyclic amines) is 1. The van der Waals surface area contributed by atoms with Gasteiger partial charge in [0.25, 0.3) is 5.91 Å². The Morgan fingerprint density at radius 2 is 1.52 bits per heavy atom. The number of benzene rings is 3. The van der Waals surface area contributed by atoms with Gasteiger partial charge in [-0.15, -0.1) is 11.3 Å². The first kappa shape index (κ1) is 31.9. The van der Waals surface area contributed by atoms with Gasteiger partial charge in [-0.2, -0.15) is 0 Å². The maximum Gasteiger partial charge on any atom is 0.251 e. The number of nitrogens with one attached hydrogen (secondary N) is 1. The number of ketones is 1. The van der Waals surface area contributed by atoms with E-state index in [2.05, 4.69) is 50.1 Å². The molecule has 1 aliphatic rings.